The van der Waals surface area contributed by atoms with Crippen molar-refractivity contribution in [1.29, 1.82) is 0 Å². The number of hydrogen-bond donors (Lipinski definition) is 0. The molecule has 0 amide bonds. The van der Waals surface area contributed by atoms with Gasteiger partial charge in [-0.2, -0.15) is 0 Å². The predicted octanol–water partition coefficient (Wildman–Crippen LogP) is 2.82. The minimum Gasteiger partial charge on any atom is -0.299 e. The van der Waals surface area contributed by atoms with E-state index in [1.54, 1.807) is 18.2 Å². The van der Waals surface area contributed by atoms with Crippen LogP contribution in [0.1, 0.15) is 18.4 Å². The highest BCUT2D eigenvalue weighted by molar-refractivity contribution is 5.83. The third kappa shape index (κ3) is 1.90. The quantitative estimate of drug-likeness (QED) is 0.529. The third-order valence-electron chi connectivity index (χ3n) is 2.44. The average molecular weight is 190 g/mol. The molecule has 14 heavy (non-hydrogen) atoms. The van der Waals surface area contributed by atoms with Crippen LogP contribution < -0.4 is 0 Å². The van der Waals surface area contributed by atoms with Crippen molar-refractivity contribution < 1.29 is 9.18 Å². The van der Waals surface area contributed by atoms with Crippen LogP contribution in [-0.2, 0) is 4.79 Å². The number of hydrogen-bond acceptors (Lipinski definition) is 1. The fraction of sp³-hybridized carbons (Fsp3) is 0.250. The molecule has 1 aromatic carbocycles. The molecule has 2 heteroatoms. The molecule has 0 aliphatic heterocycles. The molecule has 0 heterocycles. The van der Waals surface area contributed by atoms with Crippen molar-refractivity contribution in [2.75, 3.05) is 0 Å². The van der Waals surface area contributed by atoms with Crippen molar-refractivity contribution in [2.45, 2.75) is 12.8 Å². The van der Waals surface area contributed by atoms with E-state index in [9.17, 15) is 9.18 Å². The molecule has 0 aromatic heterocycles. The van der Waals surface area contributed by atoms with E-state index in [1.165, 1.54) is 12.1 Å². The second-order valence-corrected chi connectivity index (χ2v) is 3.54. The Hall–Kier alpha value is -1.44. The molecule has 0 unspecified atom stereocenters. The standard InChI is InChI=1S/C12H11FO/c13-11-5-3-10(4-6-11)12(7-8-14)9-1-2-9/h3-9H,1-2H2/b12-7-. The van der Waals surface area contributed by atoms with E-state index in [4.69, 9.17) is 0 Å². The second-order valence-electron chi connectivity index (χ2n) is 3.54. The lowest BCUT2D eigenvalue weighted by atomic mass is 10.0. The number of allylic oxidation sites excluding steroid dienone is 2. The average Bonchev–Trinajstić information content (AvgIpc) is 2.99. The van der Waals surface area contributed by atoms with Crippen LogP contribution in [0.5, 0.6) is 0 Å². The van der Waals surface area contributed by atoms with Crippen molar-refractivity contribution in [3.63, 3.8) is 0 Å². The summed E-state index contributed by atoms with van der Waals surface area (Å²) in [5, 5.41) is 0. The predicted molar refractivity (Wildman–Crippen MR) is 53.2 cm³/mol. The summed E-state index contributed by atoms with van der Waals surface area (Å²) in [6.07, 6.45) is 4.66. The molecule has 0 bridgehead atoms. The highest BCUT2D eigenvalue weighted by Gasteiger charge is 2.26. The van der Waals surface area contributed by atoms with Gasteiger partial charge in [-0.25, -0.2) is 4.39 Å². The lowest BCUT2D eigenvalue weighted by Crippen LogP contribution is -1.88. The van der Waals surface area contributed by atoms with E-state index in [1.807, 2.05) is 0 Å². The zero-order valence-electron chi connectivity index (χ0n) is 7.74. The summed E-state index contributed by atoms with van der Waals surface area (Å²) in [7, 11) is 0. The lowest BCUT2D eigenvalue weighted by Gasteiger charge is -2.04. The zero-order valence-corrected chi connectivity index (χ0v) is 7.74. The molecule has 1 aliphatic rings. The fourth-order valence-corrected chi connectivity index (χ4v) is 1.58. The van der Waals surface area contributed by atoms with Gasteiger partial charge in [0.2, 0.25) is 0 Å². The summed E-state index contributed by atoms with van der Waals surface area (Å²) in [4.78, 5) is 10.4. The Morgan fingerprint density at radius 2 is 1.93 bits per heavy atom. The van der Waals surface area contributed by atoms with Crippen molar-refractivity contribution in [1.82, 2.24) is 0 Å². The summed E-state index contributed by atoms with van der Waals surface area (Å²) in [6.45, 7) is 0. The Kier molecular flexibility index (Phi) is 2.44. The van der Waals surface area contributed by atoms with Crippen LogP contribution in [0.15, 0.2) is 30.3 Å². The van der Waals surface area contributed by atoms with Gasteiger partial charge >= 0.3 is 0 Å². The smallest absolute Gasteiger partial charge is 0.143 e. The van der Waals surface area contributed by atoms with Gasteiger partial charge in [-0.1, -0.05) is 12.1 Å². The Morgan fingerprint density at radius 3 is 2.43 bits per heavy atom. The monoisotopic (exact) mass is 190 g/mol. The summed E-state index contributed by atoms with van der Waals surface area (Å²) in [5.41, 5.74) is 2.00. The van der Waals surface area contributed by atoms with Gasteiger partial charge in [0.15, 0.2) is 0 Å². The molecule has 0 radical (unpaired) electrons. The van der Waals surface area contributed by atoms with Crippen LogP contribution in [0.3, 0.4) is 0 Å². The Bertz CT molecular complexity index is 360. The second kappa shape index (κ2) is 3.74. The number of rotatable bonds is 3. The zero-order chi connectivity index (χ0) is 9.97. The largest absolute Gasteiger partial charge is 0.299 e. The maximum Gasteiger partial charge on any atom is 0.143 e. The van der Waals surface area contributed by atoms with E-state index in [0.29, 0.717) is 5.92 Å². The van der Waals surface area contributed by atoms with E-state index < -0.39 is 0 Å². The van der Waals surface area contributed by atoms with Crippen molar-refractivity contribution in [3.05, 3.63) is 41.7 Å². The molecule has 0 N–H and O–H groups in total. The van der Waals surface area contributed by atoms with E-state index in [-0.39, 0.29) is 5.82 Å². The minimum atomic E-state index is -0.241. The van der Waals surface area contributed by atoms with Crippen molar-refractivity contribution >= 4 is 11.9 Å². The molecule has 72 valence electrons. The van der Waals surface area contributed by atoms with Gasteiger partial charge < -0.3 is 0 Å². The number of benzene rings is 1. The van der Waals surface area contributed by atoms with Gasteiger partial charge in [-0.05, 0) is 48.1 Å². The first kappa shape index (κ1) is 9.13. The van der Waals surface area contributed by atoms with Crippen LogP contribution in [-0.4, -0.2) is 6.29 Å². The highest BCUT2D eigenvalue weighted by atomic mass is 19.1. The Labute approximate surface area is 82.3 Å². The van der Waals surface area contributed by atoms with Gasteiger partial charge in [0.25, 0.3) is 0 Å². The number of carbonyl (C=O) groups is 1. The summed E-state index contributed by atoms with van der Waals surface area (Å²) < 4.78 is 12.7. The Balaban J connectivity index is 2.30. The molecule has 0 saturated heterocycles. The van der Waals surface area contributed by atoms with Crippen LogP contribution in [0.25, 0.3) is 5.57 Å². The molecule has 0 atom stereocenters. The maximum atomic E-state index is 12.7. The summed E-state index contributed by atoms with van der Waals surface area (Å²) in [6, 6.07) is 6.30. The first-order chi connectivity index (χ1) is 6.81. The maximum absolute atomic E-state index is 12.7. The molecule has 1 aromatic rings. The number of aldehydes is 1. The van der Waals surface area contributed by atoms with Crippen molar-refractivity contribution in [3.8, 4) is 0 Å². The summed E-state index contributed by atoms with van der Waals surface area (Å²) >= 11 is 0. The molecule has 2 rings (SSSR count). The molecule has 0 spiro atoms. The Morgan fingerprint density at radius 1 is 1.29 bits per heavy atom. The van der Waals surface area contributed by atoms with E-state index in [0.717, 1.165) is 30.3 Å². The molecule has 1 nitrogen and oxygen atoms in total. The van der Waals surface area contributed by atoms with Gasteiger partial charge in [-0.15, -0.1) is 0 Å². The van der Waals surface area contributed by atoms with Crippen LogP contribution in [0, 0.1) is 11.7 Å². The van der Waals surface area contributed by atoms with Crippen LogP contribution in [0.2, 0.25) is 0 Å². The first-order valence-corrected chi connectivity index (χ1v) is 4.72. The van der Waals surface area contributed by atoms with E-state index in [2.05, 4.69) is 0 Å². The molecule has 1 aliphatic carbocycles. The topological polar surface area (TPSA) is 17.1 Å². The first-order valence-electron chi connectivity index (χ1n) is 4.72. The fourth-order valence-electron chi connectivity index (χ4n) is 1.58. The highest BCUT2D eigenvalue weighted by Crippen LogP contribution is 2.41. The number of carbonyl (C=O) groups excluding carboxylic acids is 1. The summed E-state index contributed by atoms with van der Waals surface area (Å²) in [5.74, 6) is 0.265. The molecular weight excluding hydrogens is 179 g/mol. The van der Waals surface area contributed by atoms with Gasteiger partial charge in [-0.3, -0.25) is 4.79 Å². The third-order valence-corrected chi connectivity index (χ3v) is 2.44. The molecule has 1 fully saturated rings. The normalized spacial score (nSPS) is 16.8. The van der Waals surface area contributed by atoms with E-state index >= 15 is 0 Å². The van der Waals surface area contributed by atoms with Gasteiger partial charge in [0.05, 0.1) is 0 Å². The lowest BCUT2D eigenvalue weighted by molar-refractivity contribution is -0.104. The number of halogens is 1. The van der Waals surface area contributed by atoms with Crippen LogP contribution in [0.4, 0.5) is 4.39 Å². The van der Waals surface area contributed by atoms with Gasteiger partial charge in [0, 0.05) is 0 Å². The van der Waals surface area contributed by atoms with Crippen molar-refractivity contribution in [2.24, 2.45) is 5.92 Å². The van der Waals surface area contributed by atoms with Crippen LogP contribution >= 0.6 is 0 Å². The SMILES string of the molecule is O=C/C=C(\c1ccc(F)cc1)C1CC1. The molecular formula is C12H11FO. The van der Waals surface area contributed by atoms with Gasteiger partial charge in [0.1, 0.15) is 12.1 Å². The molecule has 1 saturated carbocycles. The minimum absolute atomic E-state index is 0.241.